The summed E-state index contributed by atoms with van der Waals surface area (Å²) in [5, 5.41) is 0. The molecule has 1 aliphatic rings. The monoisotopic (exact) mass is 308 g/mol. The SMILES string of the molecule is COC1c2cc(C(C)C)cc(-c3cc(C)cc(C)c3)c2CC1C. The Hall–Kier alpha value is -1.60. The normalized spacial score (nSPS) is 20.1. The van der Waals surface area contributed by atoms with Crippen LogP contribution in [0, 0.1) is 19.8 Å². The van der Waals surface area contributed by atoms with Crippen LogP contribution in [0.1, 0.15) is 60.6 Å². The average molecular weight is 308 g/mol. The molecule has 2 aromatic rings. The van der Waals surface area contributed by atoms with Gasteiger partial charge < -0.3 is 4.74 Å². The van der Waals surface area contributed by atoms with Gasteiger partial charge in [0.25, 0.3) is 0 Å². The quantitative estimate of drug-likeness (QED) is 0.678. The summed E-state index contributed by atoms with van der Waals surface area (Å²) in [6.07, 6.45) is 1.34. The number of methoxy groups -OCH3 is 1. The smallest absolute Gasteiger partial charge is 0.0852 e. The Morgan fingerprint density at radius 3 is 2.22 bits per heavy atom. The van der Waals surface area contributed by atoms with Gasteiger partial charge in [-0.15, -0.1) is 0 Å². The molecule has 0 radical (unpaired) electrons. The molecule has 23 heavy (non-hydrogen) atoms. The highest BCUT2D eigenvalue weighted by atomic mass is 16.5. The van der Waals surface area contributed by atoms with Crippen molar-refractivity contribution in [3.63, 3.8) is 0 Å². The van der Waals surface area contributed by atoms with Gasteiger partial charge in [0.1, 0.15) is 0 Å². The minimum absolute atomic E-state index is 0.230. The van der Waals surface area contributed by atoms with Crippen molar-refractivity contribution >= 4 is 0 Å². The van der Waals surface area contributed by atoms with Crippen molar-refractivity contribution in [3.05, 3.63) is 58.1 Å². The lowest BCUT2D eigenvalue weighted by Gasteiger charge is -2.18. The largest absolute Gasteiger partial charge is 0.376 e. The summed E-state index contributed by atoms with van der Waals surface area (Å²) < 4.78 is 5.82. The number of hydrogen-bond donors (Lipinski definition) is 0. The van der Waals surface area contributed by atoms with E-state index >= 15 is 0 Å². The Balaban J connectivity index is 2.24. The average Bonchev–Trinajstić information content (AvgIpc) is 2.80. The van der Waals surface area contributed by atoms with Gasteiger partial charge in [-0.25, -0.2) is 0 Å². The van der Waals surface area contributed by atoms with Crippen molar-refractivity contribution in [2.75, 3.05) is 7.11 Å². The molecule has 0 saturated heterocycles. The Kier molecular flexibility index (Phi) is 4.33. The van der Waals surface area contributed by atoms with Crippen molar-refractivity contribution in [1.82, 2.24) is 0 Å². The fourth-order valence-electron chi connectivity index (χ4n) is 4.02. The van der Waals surface area contributed by atoms with Crippen LogP contribution in [0.3, 0.4) is 0 Å². The first-order valence-corrected chi connectivity index (χ1v) is 8.69. The van der Waals surface area contributed by atoms with Crippen LogP contribution in [0.4, 0.5) is 0 Å². The highest BCUT2D eigenvalue weighted by Gasteiger charge is 2.32. The fourth-order valence-corrected chi connectivity index (χ4v) is 4.02. The third-order valence-electron chi connectivity index (χ3n) is 5.11. The van der Waals surface area contributed by atoms with E-state index in [9.17, 15) is 0 Å². The zero-order chi connectivity index (χ0) is 16.7. The Morgan fingerprint density at radius 2 is 1.65 bits per heavy atom. The predicted molar refractivity (Wildman–Crippen MR) is 98.1 cm³/mol. The van der Waals surface area contributed by atoms with Gasteiger partial charge in [0.05, 0.1) is 6.10 Å². The van der Waals surface area contributed by atoms with Crippen molar-refractivity contribution in [2.24, 2.45) is 5.92 Å². The lowest BCUT2D eigenvalue weighted by atomic mass is 9.89. The van der Waals surface area contributed by atoms with E-state index in [1.54, 1.807) is 0 Å². The number of fused-ring (bicyclic) bond motifs is 1. The first-order chi connectivity index (χ1) is 10.9. The minimum atomic E-state index is 0.230. The summed E-state index contributed by atoms with van der Waals surface area (Å²) in [5.41, 5.74) is 9.72. The predicted octanol–water partition coefficient (Wildman–Crippen LogP) is 5.97. The molecular formula is C22H28O. The summed E-state index contributed by atoms with van der Waals surface area (Å²) in [6.45, 7) is 11.2. The molecule has 0 saturated carbocycles. The highest BCUT2D eigenvalue weighted by Crippen LogP contribution is 2.44. The number of ether oxygens (including phenoxy) is 1. The third kappa shape index (κ3) is 2.95. The first-order valence-electron chi connectivity index (χ1n) is 8.69. The van der Waals surface area contributed by atoms with Gasteiger partial charge in [-0.05, 0) is 59.9 Å². The molecule has 0 N–H and O–H groups in total. The molecule has 1 aliphatic carbocycles. The molecule has 1 heteroatoms. The summed E-state index contributed by atoms with van der Waals surface area (Å²) in [6, 6.07) is 11.7. The summed E-state index contributed by atoms with van der Waals surface area (Å²) in [4.78, 5) is 0. The molecular weight excluding hydrogens is 280 g/mol. The first kappa shape index (κ1) is 16.3. The Bertz CT molecular complexity index is 707. The lowest BCUT2D eigenvalue weighted by molar-refractivity contribution is 0.0694. The third-order valence-corrected chi connectivity index (χ3v) is 5.11. The maximum atomic E-state index is 5.82. The molecule has 0 spiro atoms. The molecule has 0 amide bonds. The fraction of sp³-hybridized carbons (Fsp3) is 0.455. The standard InChI is InChI=1S/C22H28O/c1-13(2)17-11-19(18-8-14(3)7-15(4)9-18)20-10-16(5)22(23-6)21(20)12-17/h7-9,11-13,16,22H,10H2,1-6H3. The van der Waals surface area contributed by atoms with E-state index in [-0.39, 0.29) is 6.10 Å². The van der Waals surface area contributed by atoms with E-state index in [1.807, 2.05) is 7.11 Å². The molecule has 122 valence electrons. The number of hydrogen-bond acceptors (Lipinski definition) is 1. The van der Waals surface area contributed by atoms with Crippen LogP contribution in [0.25, 0.3) is 11.1 Å². The van der Waals surface area contributed by atoms with E-state index in [2.05, 4.69) is 65.0 Å². The van der Waals surface area contributed by atoms with Gasteiger partial charge in [0.2, 0.25) is 0 Å². The van der Waals surface area contributed by atoms with Crippen LogP contribution in [-0.2, 0) is 11.2 Å². The molecule has 2 atom stereocenters. The van der Waals surface area contributed by atoms with Crippen molar-refractivity contribution in [1.29, 1.82) is 0 Å². The van der Waals surface area contributed by atoms with Crippen molar-refractivity contribution in [3.8, 4) is 11.1 Å². The van der Waals surface area contributed by atoms with Crippen LogP contribution in [0.5, 0.6) is 0 Å². The minimum Gasteiger partial charge on any atom is -0.376 e. The zero-order valence-electron chi connectivity index (χ0n) is 15.2. The van der Waals surface area contributed by atoms with Crippen LogP contribution < -0.4 is 0 Å². The molecule has 3 rings (SSSR count). The van der Waals surface area contributed by atoms with Gasteiger partial charge in [-0.1, -0.05) is 62.2 Å². The van der Waals surface area contributed by atoms with E-state index in [1.165, 1.54) is 38.9 Å². The summed E-state index contributed by atoms with van der Waals surface area (Å²) in [5.74, 6) is 1.07. The molecule has 2 aromatic carbocycles. The van der Waals surface area contributed by atoms with Gasteiger partial charge in [-0.2, -0.15) is 0 Å². The van der Waals surface area contributed by atoms with Gasteiger partial charge in [-0.3, -0.25) is 0 Å². The van der Waals surface area contributed by atoms with Crippen LogP contribution >= 0.6 is 0 Å². The Labute approximate surface area is 140 Å². The molecule has 0 aliphatic heterocycles. The molecule has 1 nitrogen and oxygen atoms in total. The molecule has 0 bridgehead atoms. The molecule has 0 fully saturated rings. The highest BCUT2D eigenvalue weighted by molar-refractivity contribution is 5.72. The zero-order valence-corrected chi connectivity index (χ0v) is 15.2. The van der Waals surface area contributed by atoms with Crippen LogP contribution in [0.15, 0.2) is 30.3 Å². The molecule has 2 unspecified atom stereocenters. The van der Waals surface area contributed by atoms with Gasteiger partial charge in [0, 0.05) is 7.11 Å². The topological polar surface area (TPSA) is 9.23 Å². The second-order valence-corrected chi connectivity index (χ2v) is 7.51. The summed E-state index contributed by atoms with van der Waals surface area (Å²) >= 11 is 0. The van der Waals surface area contributed by atoms with Crippen LogP contribution in [0.2, 0.25) is 0 Å². The maximum absolute atomic E-state index is 5.82. The van der Waals surface area contributed by atoms with E-state index in [0.29, 0.717) is 11.8 Å². The lowest BCUT2D eigenvalue weighted by Crippen LogP contribution is -2.05. The second-order valence-electron chi connectivity index (χ2n) is 7.51. The van der Waals surface area contributed by atoms with Crippen molar-refractivity contribution < 1.29 is 4.74 Å². The van der Waals surface area contributed by atoms with E-state index < -0.39 is 0 Å². The Morgan fingerprint density at radius 1 is 1.00 bits per heavy atom. The van der Waals surface area contributed by atoms with Gasteiger partial charge >= 0.3 is 0 Å². The van der Waals surface area contributed by atoms with Crippen LogP contribution in [-0.4, -0.2) is 7.11 Å². The molecule has 0 heterocycles. The number of rotatable bonds is 3. The number of aryl methyl sites for hydroxylation is 2. The number of benzene rings is 2. The van der Waals surface area contributed by atoms with Gasteiger partial charge in [0.15, 0.2) is 0 Å². The van der Waals surface area contributed by atoms with E-state index in [4.69, 9.17) is 4.74 Å². The van der Waals surface area contributed by atoms with E-state index in [0.717, 1.165) is 6.42 Å². The molecule has 0 aromatic heterocycles. The maximum Gasteiger partial charge on any atom is 0.0852 e. The van der Waals surface area contributed by atoms with Crippen molar-refractivity contribution in [2.45, 2.75) is 53.1 Å². The summed E-state index contributed by atoms with van der Waals surface area (Å²) in [7, 11) is 1.84. The second kappa shape index (κ2) is 6.13.